The van der Waals surface area contributed by atoms with Crippen LogP contribution in [0.1, 0.15) is 29.2 Å². The van der Waals surface area contributed by atoms with Crippen molar-refractivity contribution in [3.05, 3.63) is 64.3 Å². The maximum Gasteiger partial charge on any atom is 0.218 e. The van der Waals surface area contributed by atoms with Gasteiger partial charge in [-0.25, -0.2) is 14.2 Å². The molecule has 0 spiro atoms. The smallest absolute Gasteiger partial charge is 0.218 e. The lowest BCUT2D eigenvalue weighted by atomic mass is 10.1. The Morgan fingerprint density at radius 2 is 2.04 bits per heavy atom. The van der Waals surface area contributed by atoms with Crippen LogP contribution in [0, 0.1) is 6.92 Å². The fraction of sp³-hybridized carbons (Fsp3) is 0.263. The van der Waals surface area contributed by atoms with Gasteiger partial charge in [-0.2, -0.15) is 4.36 Å². The molecule has 26 heavy (non-hydrogen) atoms. The second kappa shape index (κ2) is 7.10. The van der Waals surface area contributed by atoms with Crippen molar-refractivity contribution in [3.63, 3.8) is 0 Å². The quantitative estimate of drug-likeness (QED) is 0.519. The van der Waals surface area contributed by atoms with Crippen LogP contribution in [0.25, 0.3) is 11.3 Å². The number of pyridine rings is 1. The fourth-order valence-corrected chi connectivity index (χ4v) is 6.87. The number of halogens is 1. The summed E-state index contributed by atoms with van der Waals surface area (Å²) in [5.41, 5.74) is 4.07. The lowest BCUT2D eigenvalue weighted by Gasteiger charge is -2.13. The molecule has 4 rings (SSSR count). The van der Waals surface area contributed by atoms with Crippen LogP contribution in [0.3, 0.4) is 0 Å². The third kappa shape index (κ3) is 3.54. The second-order valence-electron chi connectivity index (χ2n) is 6.41. The normalized spacial score (nSPS) is 22.5. The number of benzene rings is 1. The molecule has 4 nitrogen and oxygen atoms in total. The van der Waals surface area contributed by atoms with Gasteiger partial charge in [-0.1, -0.05) is 47.5 Å². The van der Waals surface area contributed by atoms with E-state index in [2.05, 4.69) is 33.4 Å². The van der Waals surface area contributed by atoms with Gasteiger partial charge in [-0.3, -0.25) is 0 Å². The molecule has 2 atom stereocenters. The topological polar surface area (TPSA) is 55.2 Å². The first-order chi connectivity index (χ1) is 12.5. The number of hydrogen-bond acceptors (Lipinski definition) is 5. The molecular weight excluding hydrogens is 386 g/mol. The summed E-state index contributed by atoms with van der Waals surface area (Å²) in [7, 11) is -2.40. The van der Waals surface area contributed by atoms with Gasteiger partial charge in [0.2, 0.25) is 5.13 Å². The average Bonchev–Trinajstić information content (AvgIpc) is 3.23. The van der Waals surface area contributed by atoms with Gasteiger partial charge in [0.05, 0.1) is 20.7 Å². The molecule has 0 bridgehead atoms. The average molecular weight is 404 g/mol. The number of thiazole rings is 1. The predicted molar refractivity (Wildman–Crippen MR) is 109 cm³/mol. The minimum Gasteiger partial charge on any atom is -0.249 e. The Bertz CT molecular complexity index is 1040. The van der Waals surface area contributed by atoms with E-state index in [1.54, 1.807) is 12.3 Å². The van der Waals surface area contributed by atoms with E-state index in [9.17, 15) is 4.21 Å². The number of hydrogen-bond donors (Lipinski definition) is 0. The molecule has 3 aromatic rings. The van der Waals surface area contributed by atoms with E-state index in [1.807, 2.05) is 23.6 Å². The molecule has 0 N–H and O–H groups in total. The minimum atomic E-state index is -2.40. The zero-order valence-electron chi connectivity index (χ0n) is 14.3. The first-order valence-electron chi connectivity index (χ1n) is 8.41. The molecule has 2 aromatic heterocycles. The predicted octanol–water partition coefficient (Wildman–Crippen LogP) is 5.80. The van der Waals surface area contributed by atoms with E-state index in [0.29, 0.717) is 16.0 Å². The van der Waals surface area contributed by atoms with E-state index >= 15 is 0 Å². The summed E-state index contributed by atoms with van der Waals surface area (Å²) in [6, 6.07) is 11.9. The highest BCUT2D eigenvalue weighted by Gasteiger charge is 2.31. The van der Waals surface area contributed by atoms with Crippen molar-refractivity contribution in [3.8, 4) is 11.3 Å². The maximum atomic E-state index is 13.5. The Labute approximate surface area is 162 Å². The van der Waals surface area contributed by atoms with Crippen molar-refractivity contribution in [1.29, 1.82) is 0 Å². The lowest BCUT2D eigenvalue weighted by Crippen LogP contribution is -2.08. The minimum absolute atomic E-state index is 0.112. The Morgan fingerprint density at radius 3 is 2.77 bits per heavy atom. The summed E-state index contributed by atoms with van der Waals surface area (Å²) in [5, 5.41) is 2.89. The van der Waals surface area contributed by atoms with Crippen molar-refractivity contribution in [1.82, 2.24) is 9.97 Å². The molecule has 0 aliphatic carbocycles. The Kier molecular flexibility index (Phi) is 4.82. The van der Waals surface area contributed by atoms with Crippen molar-refractivity contribution >= 4 is 37.8 Å². The SMILES string of the molecule is Cc1ccc(-c2csc(N=S3(=O)CCCC3c3ccc(Cl)nc3)n2)cc1. The van der Waals surface area contributed by atoms with Crippen LogP contribution in [0.2, 0.25) is 5.15 Å². The molecule has 3 heterocycles. The van der Waals surface area contributed by atoms with Crippen LogP contribution < -0.4 is 0 Å². The Balaban J connectivity index is 1.67. The first kappa shape index (κ1) is 17.6. The van der Waals surface area contributed by atoms with Crippen molar-refractivity contribution < 1.29 is 4.21 Å². The van der Waals surface area contributed by atoms with Crippen LogP contribution in [-0.2, 0) is 9.73 Å². The van der Waals surface area contributed by atoms with Gasteiger partial charge in [0.15, 0.2) is 0 Å². The molecule has 1 saturated heterocycles. The zero-order chi connectivity index (χ0) is 18.1. The molecular formula is C19H18ClN3OS2. The molecule has 0 radical (unpaired) electrons. The van der Waals surface area contributed by atoms with Crippen molar-refractivity contribution in [2.45, 2.75) is 25.0 Å². The summed E-state index contributed by atoms with van der Waals surface area (Å²) in [5.74, 6) is 0.597. The summed E-state index contributed by atoms with van der Waals surface area (Å²) in [6.07, 6.45) is 3.46. The molecule has 0 amide bonds. The van der Waals surface area contributed by atoms with E-state index < -0.39 is 9.73 Å². The zero-order valence-corrected chi connectivity index (χ0v) is 16.7. The van der Waals surface area contributed by atoms with Gasteiger partial charge in [-0.15, -0.1) is 11.3 Å². The van der Waals surface area contributed by atoms with Crippen LogP contribution in [0.15, 0.2) is 52.3 Å². The van der Waals surface area contributed by atoms with E-state index in [1.165, 1.54) is 16.9 Å². The first-order valence-corrected chi connectivity index (χ1v) is 11.4. The number of aryl methyl sites for hydroxylation is 1. The van der Waals surface area contributed by atoms with E-state index in [-0.39, 0.29) is 5.25 Å². The van der Waals surface area contributed by atoms with Gasteiger partial charge in [0.25, 0.3) is 0 Å². The molecule has 134 valence electrons. The summed E-state index contributed by atoms with van der Waals surface area (Å²) >= 11 is 7.32. The Hall–Kier alpha value is -1.76. The number of rotatable bonds is 3. The van der Waals surface area contributed by atoms with Crippen LogP contribution in [-0.4, -0.2) is 19.9 Å². The van der Waals surface area contributed by atoms with Crippen molar-refractivity contribution in [2.75, 3.05) is 5.75 Å². The lowest BCUT2D eigenvalue weighted by molar-refractivity contribution is 0.672. The third-order valence-electron chi connectivity index (χ3n) is 4.54. The largest absolute Gasteiger partial charge is 0.249 e. The highest BCUT2D eigenvalue weighted by molar-refractivity contribution is 7.94. The standard InChI is InChI=1S/C19H18ClN3OS2/c1-13-4-6-14(7-5-13)16-12-25-19(22-16)23-26(24)10-2-3-17(26)15-8-9-18(20)21-11-15/h4-9,11-12,17H,2-3,10H2,1H3. The highest BCUT2D eigenvalue weighted by Crippen LogP contribution is 2.39. The molecule has 7 heteroatoms. The molecule has 0 saturated carbocycles. The van der Waals surface area contributed by atoms with Crippen LogP contribution in [0.5, 0.6) is 0 Å². The summed E-state index contributed by atoms with van der Waals surface area (Å²) in [4.78, 5) is 8.73. The van der Waals surface area contributed by atoms with E-state index in [4.69, 9.17) is 11.6 Å². The molecule has 1 fully saturated rings. The highest BCUT2D eigenvalue weighted by atomic mass is 35.5. The second-order valence-corrected chi connectivity index (χ2v) is 10.2. The van der Waals surface area contributed by atoms with Crippen molar-refractivity contribution in [2.24, 2.45) is 4.36 Å². The number of aromatic nitrogens is 2. The molecule has 1 aromatic carbocycles. The van der Waals surface area contributed by atoms with Gasteiger partial charge in [0.1, 0.15) is 5.15 Å². The monoisotopic (exact) mass is 403 g/mol. The fourth-order valence-electron chi connectivity index (χ4n) is 3.16. The van der Waals surface area contributed by atoms with Gasteiger partial charge < -0.3 is 0 Å². The summed E-state index contributed by atoms with van der Waals surface area (Å²) < 4.78 is 18.1. The molecule has 1 aliphatic rings. The summed E-state index contributed by atoms with van der Waals surface area (Å²) in [6.45, 7) is 2.06. The van der Waals surface area contributed by atoms with Gasteiger partial charge >= 0.3 is 0 Å². The van der Waals surface area contributed by atoms with Crippen LogP contribution >= 0.6 is 22.9 Å². The number of nitrogens with zero attached hydrogens (tertiary/aromatic N) is 3. The van der Waals surface area contributed by atoms with Gasteiger partial charge in [0, 0.05) is 22.9 Å². The third-order valence-corrected chi connectivity index (χ3v) is 8.37. The van der Waals surface area contributed by atoms with Crippen LogP contribution in [0.4, 0.5) is 5.13 Å². The Morgan fingerprint density at radius 1 is 1.23 bits per heavy atom. The molecule has 2 unspecified atom stereocenters. The van der Waals surface area contributed by atoms with Gasteiger partial charge in [-0.05, 0) is 31.4 Å². The maximum absolute atomic E-state index is 13.5. The molecule has 1 aliphatic heterocycles. The van der Waals surface area contributed by atoms with E-state index in [0.717, 1.165) is 29.7 Å².